The molecule has 0 saturated heterocycles. The van der Waals surface area contributed by atoms with Gasteiger partial charge in [-0.05, 0) is 24.3 Å². The Bertz CT molecular complexity index is 627. The number of rotatable bonds is 2. The number of halogens is 3. The summed E-state index contributed by atoms with van der Waals surface area (Å²) in [6.07, 6.45) is -1.90. The molecule has 2 rings (SSSR count). The molecule has 0 atom stereocenters. The third-order valence-electron chi connectivity index (χ3n) is 2.53. The third kappa shape index (κ3) is 2.76. The molecular formula is C13H9F3N2O2. The standard InChI is InChI=1S/C13H9F3N2O2/c1-20-12(19)10-5-4-9(13(14,15)16)11(18-10)8-3-2-6-17-7-8/h2-7H,1H3. The molecule has 0 aromatic carbocycles. The molecule has 0 unspecified atom stereocenters. The fourth-order valence-electron chi connectivity index (χ4n) is 1.63. The topological polar surface area (TPSA) is 52.1 Å². The monoisotopic (exact) mass is 282 g/mol. The van der Waals surface area contributed by atoms with Crippen molar-refractivity contribution in [2.45, 2.75) is 6.18 Å². The average molecular weight is 282 g/mol. The Morgan fingerprint density at radius 3 is 2.55 bits per heavy atom. The first-order valence-electron chi connectivity index (χ1n) is 5.50. The number of hydrogen-bond donors (Lipinski definition) is 0. The number of alkyl halides is 3. The largest absolute Gasteiger partial charge is 0.464 e. The molecule has 0 aliphatic rings. The number of methoxy groups -OCH3 is 1. The number of carbonyl (C=O) groups excluding carboxylic acids is 1. The minimum Gasteiger partial charge on any atom is -0.464 e. The highest BCUT2D eigenvalue weighted by Crippen LogP contribution is 2.35. The highest BCUT2D eigenvalue weighted by molar-refractivity contribution is 5.88. The van der Waals surface area contributed by atoms with Crippen LogP contribution in [0.2, 0.25) is 0 Å². The molecule has 0 fully saturated rings. The lowest BCUT2D eigenvalue weighted by Gasteiger charge is -2.12. The van der Waals surface area contributed by atoms with Crippen molar-refractivity contribution in [1.82, 2.24) is 9.97 Å². The molecule has 104 valence electrons. The zero-order chi connectivity index (χ0) is 14.8. The first-order valence-corrected chi connectivity index (χ1v) is 5.50. The summed E-state index contributed by atoms with van der Waals surface area (Å²) in [7, 11) is 1.13. The zero-order valence-electron chi connectivity index (χ0n) is 10.3. The van der Waals surface area contributed by atoms with Crippen LogP contribution in [0.3, 0.4) is 0 Å². The van der Waals surface area contributed by atoms with Gasteiger partial charge in [-0.25, -0.2) is 9.78 Å². The van der Waals surface area contributed by atoms with Crippen molar-refractivity contribution in [2.24, 2.45) is 0 Å². The van der Waals surface area contributed by atoms with E-state index in [0.717, 1.165) is 19.2 Å². The van der Waals surface area contributed by atoms with Gasteiger partial charge in [-0.1, -0.05) is 0 Å². The lowest BCUT2D eigenvalue weighted by Crippen LogP contribution is -2.12. The first kappa shape index (κ1) is 14.0. The molecule has 0 radical (unpaired) electrons. The average Bonchev–Trinajstić information content (AvgIpc) is 2.45. The summed E-state index contributed by atoms with van der Waals surface area (Å²) in [4.78, 5) is 18.9. The Labute approximate surface area is 112 Å². The van der Waals surface area contributed by atoms with E-state index in [9.17, 15) is 18.0 Å². The van der Waals surface area contributed by atoms with Crippen LogP contribution in [0.15, 0.2) is 36.7 Å². The van der Waals surface area contributed by atoms with Gasteiger partial charge in [0.05, 0.1) is 18.4 Å². The predicted molar refractivity (Wildman–Crippen MR) is 63.8 cm³/mol. The second-order valence-electron chi connectivity index (χ2n) is 3.82. The van der Waals surface area contributed by atoms with E-state index in [1.54, 1.807) is 0 Å². The van der Waals surface area contributed by atoms with Gasteiger partial charge in [0.1, 0.15) is 5.69 Å². The summed E-state index contributed by atoms with van der Waals surface area (Å²) < 4.78 is 43.4. The summed E-state index contributed by atoms with van der Waals surface area (Å²) in [5, 5.41) is 0. The van der Waals surface area contributed by atoms with Crippen LogP contribution in [0.4, 0.5) is 13.2 Å². The van der Waals surface area contributed by atoms with E-state index in [-0.39, 0.29) is 17.0 Å². The molecule has 4 nitrogen and oxygen atoms in total. The van der Waals surface area contributed by atoms with Gasteiger partial charge in [-0.15, -0.1) is 0 Å². The van der Waals surface area contributed by atoms with Crippen molar-refractivity contribution in [1.29, 1.82) is 0 Å². The van der Waals surface area contributed by atoms with E-state index in [1.807, 2.05) is 0 Å². The highest BCUT2D eigenvalue weighted by atomic mass is 19.4. The Morgan fingerprint density at radius 1 is 1.25 bits per heavy atom. The second-order valence-corrected chi connectivity index (χ2v) is 3.82. The number of carbonyl (C=O) groups is 1. The number of ether oxygens (including phenoxy) is 1. The number of nitrogens with zero attached hydrogens (tertiary/aromatic N) is 2. The lowest BCUT2D eigenvalue weighted by atomic mass is 10.1. The van der Waals surface area contributed by atoms with Crippen LogP contribution in [-0.2, 0) is 10.9 Å². The summed E-state index contributed by atoms with van der Waals surface area (Å²) in [5.41, 5.74) is -1.31. The lowest BCUT2D eigenvalue weighted by molar-refractivity contribution is -0.137. The van der Waals surface area contributed by atoms with E-state index >= 15 is 0 Å². The minimum atomic E-state index is -4.58. The van der Waals surface area contributed by atoms with E-state index in [1.165, 1.54) is 24.5 Å². The van der Waals surface area contributed by atoms with Crippen LogP contribution in [0.25, 0.3) is 11.3 Å². The van der Waals surface area contributed by atoms with Gasteiger partial charge < -0.3 is 4.74 Å². The molecule has 0 N–H and O–H groups in total. The summed E-state index contributed by atoms with van der Waals surface area (Å²) in [6.45, 7) is 0. The second kappa shape index (κ2) is 5.28. The van der Waals surface area contributed by atoms with Crippen LogP contribution in [0.5, 0.6) is 0 Å². The summed E-state index contributed by atoms with van der Waals surface area (Å²) >= 11 is 0. The Balaban J connectivity index is 2.64. The molecule has 0 bridgehead atoms. The highest BCUT2D eigenvalue weighted by Gasteiger charge is 2.35. The van der Waals surface area contributed by atoms with Gasteiger partial charge in [-0.2, -0.15) is 13.2 Å². The Morgan fingerprint density at radius 2 is 2.00 bits per heavy atom. The minimum absolute atomic E-state index is 0.172. The Hall–Kier alpha value is -2.44. The fraction of sp³-hybridized carbons (Fsp3) is 0.154. The smallest absolute Gasteiger partial charge is 0.418 e. The molecule has 20 heavy (non-hydrogen) atoms. The Kier molecular flexibility index (Phi) is 3.69. The van der Waals surface area contributed by atoms with Crippen molar-refractivity contribution >= 4 is 5.97 Å². The summed E-state index contributed by atoms with van der Waals surface area (Å²) in [5.74, 6) is -0.802. The molecule has 0 saturated carbocycles. The van der Waals surface area contributed by atoms with Crippen LogP contribution >= 0.6 is 0 Å². The van der Waals surface area contributed by atoms with Gasteiger partial charge in [0, 0.05) is 18.0 Å². The maximum atomic E-state index is 13.0. The van der Waals surface area contributed by atoms with Crippen LogP contribution in [0.1, 0.15) is 16.1 Å². The van der Waals surface area contributed by atoms with Gasteiger partial charge in [0.15, 0.2) is 0 Å². The molecule has 2 heterocycles. The molecule has 0 amide bonds. The van der Waals surface area contributed by atoms with Crippen LogP contribution in [-0.4, -0.2) is 23.0 Å². The molecule has 2 aromatic rings. The number of pyridine rings is 2. The van der Waals surface area contributed by atoms with Gasteiger partial charge in [-0.3, -0.25) is 4.98 Å². The first-order chi connectivity index (χ1) is 9.43. The third-order valence-corrected chi connectivity index (χ3v) is 2.53. The number of hydrogen-bond acceptors (Lipinski definition) is 4. The van der Waals surface area contributed by atoms with E-state index in [2.05, 4.69) is 14.7 Å². The molecule has 0 aliphatic heterocycles. The van der Waals surface area contributed by atoms with E-state index < -0.39 is 17.7 Å². The molecule has 0 aliphatic carbocycles. The van der Waals surface area contributed by atoms with Crippen molar-refractivity contribution in [3.8, 4) is 11.3 Å². The molecule has 7 heteroatoms. The van der Waals surface area contributed by atoms with Gasteiger partial charge in [0.2, 0.25) is 0 Å². The van der Waals surface area contributed by atoms with E-state index in [4.69, 9.17) is 0 Å². The maximum Gasteiger partial charge on any atom is 0.418 e. The van der Waals surface area contributed by atoms with Crippen LogP contribution < -0.4 is 0 Å². The predicted octanol–water partition coefficient (Wildman–Crippen LogP) is 2.95. The number of aromatic nitrogens is 2. The van der Waals surface area contributed by atoms with Crippen molar-refractivity contribution in [3.63, 3.8) is 0 Å². The van der Waals surface area contributed by atoms with Crippen LogP contribution in [0, 0.1) is 0 Å². The molecule has 0 spiro atoms. The molecular weight excluding hydrogens is 273 g/mol. The maximum absolute atomic E-state index is 13.0. The zero-order valence-corrected chi connectivity index (χ0v) is 10.3. The van der Waals surface area contributed by atoms with Gasteiger partial charge >= 0.3 is 12.1 Å². The summed E-state index contributed by atoms with van der Waals surface area (Å²) in [6, 6.07) is 4.71. The number of esters is 1. The van der Waals surface area contributed by atoms with Crippen molar-refractivity contribution in [3.05, 3.63) is 47.9 Å². The SMILES string of the molecule is COC(=O)c1ccc(C(F)(F)F)c(-c2cccnc2)n1. The van der Waals surface area contributed by atoms with Crippen molar-refractivity contribution in [2.75, 3.05) is 7.11 Å². The van der Waals surface area contributed by atoms with Crippen molar-refractivity contribution < 1.29 is 22.7 Å². The quantitative estimate of drug-likeness (QED) is 0.795. The van der Waals surface area contributed by atoms with Gasteiger partial charge in [0.25, 0.3) is 0 Å². The molecule has 2 aromatic heterocycles. The fourth-order valence-corrected chi connectivity index (χ4v) is 1.63. The normalized spacial score (nSPS) is 11.2. The van der Waals surface area contributed by atoms with E-state index in [0.29, 0.717) is 0 Å².